The Balaban J connectivity index is 2.38. The molecule has 0 amide bonds. The minimum absolute atomic E-state index is 0.123. The number of hydrogen-bond acceptors (Lipinski definition) is 1. The van der Waals surface area contributed by atoms with Crippen LogP contribution < -0.4 is 0 Å². The van der Waals surface area contributed by atoms with Gasteiger partial charge in [-0.3, -0.25) is 4.79 Å². The second kappa shape index (κ2) is 5.58. The number of benzene rings is 2. The van der Waals surface area contributed by atoms with Crippen LogP contribution in [0.4, 0.5) is 4.39 Å². The van der Waals surface area contributed by atoms with Gasteiger partial charge >= 0.3 is 0 Å². The molecular formula is C18H19FO. The van der Waals surface area contributed by atoms with Crippen LogP contribution in [0.2, 0.25) is 0 Å². The summed E-state index contributed by atoms with van der Waals surface area (Å²) in [4.78, 5) is 10.6. The number of rotatable bonds is 4. The van der Waals surface area contributed by atoms with Gasteiger partial charge in [0.2, 0.25) is 0 Å². The Labute approximate surface area is 119 Å². The van der Waals surface area contributed by atoms with Crippen molar-refractivity contribution in [1.29, 1.82) is 0 Å². The molecule has 2 aromatic rings. The average molecular weight is 270 g/mol. The molecule has 0 unspecified atom stereocenters. The van der Waals surface area contributed by atoms with Crippen molar-refractivity contribution in [2.75, 3.05) is 0 Å². The first-order chi connectivity index (χ1) is 9.47. The zero-order chi connectivity index (χ0) is 14.8. The van der Waals surface area contributed by atoms with Gasteiger partial charge in [0.05, 0.1) is 0 Å². The maximum absolute atomic E-state index is 14.0. The van der Waals surface area contributed by atoms with Crippen LogP contribution in [0.1, 0.15) is 43.1 Å². The van der Waals surface area contributed by atoms with E-state index >= 15 is 0 Å². The minimum Gasteiger partial charge on any atom is -0.298 e. The van der Waals surface area contributed by atoms with Crippen LogP contribution >= 0.6 is 0 Å². The molecule has 2 heteroatoms. The molecule has 1 nitrogen and oxygen atoms in total. The quantitative estimate of drug-likeness (QED) is 0.715. The lowest BCUT2D eigenvalue weighted by Gasteiger charge is -2.23. The van der Waals surface area contributed by atoms with Crippen LogP contribution in [-0.2, 0) is 5.41 Å². The maximum Gasteiger partial charge on any atom is 0.150 e. The molecule has 0 fully saturated rings. The second-order valence-electron chi connectivity index (χ2n) is 5.67. The summed E-state index contributed by atoms with van der Waals surface area (Å²) >= 11 is 0. The summed E-state index contributed by atoms with van der Waals surface area (Å²) in [5, 5.41) is 0. The van der Waals surface area contributed by atoms with Gasteiger partial charge in [0.1, 0.15) is 12.1 Å². The van der Waals surface area contributed by atoms with Crippen molar-refractivity contribution in [3.05, 3.63) is 59.4 Å². The fourth-order valence-electron chi connectivity index (χ4n) is 2.14. The van der Waals surface area contributed by atoms with Gasteiger partial charge in [-0.2, -0.15) is 0 Å². The van der Waals surface area contributed by atoms with E-state index in [9.17, 15) is 9.18 Å². The predicted molar refractivity (Wildman–Crippen MR) is 80.5 cm³/mol. The van der Waals surface area contributed by atoms with Crippen LogP contribution in [-0.4, -0.2) is 6.29 Å². The summed E-state index contributed by atoms with van der Waals surface area (Å²) in [5.74, 6) is -0.364. The van der Waals surface area contributed by atoms with Crippen molar-refractivity contribution in [2.45, 2.75) is 32.6 Å². The topological polar surface area (TPSA) is 17.1 Å². The normalized spacial score (nSPS) is 11.4. The highest BCUT2D eigenvalue weighted by Crippen LogP contribution is 2.30. The van der Waals surface area contributed by atoms with Crippen molar-refractivity contribution < 1.29 is 9.18 Å². The molecule has 0 atom stereocenters. The van der Waals surface area contributed by atoms with Crippen LogP contribution in [0.15, 0.2) is 42.5 Å². The molecule has 20 heavy (non-hydrogen) atoms. The fraction of sp³-hybridized carbons (Fsp3) is 0.278. The van der Waals surface area contributed by atoms with Crippen molar-refractivity contribution in [2.24, 2.45) is 0 Å². The van der Waals surface area contributed by atoms with E-state index in [-0.39, 0.29) is 11.2 Å². The highest BCUT2D eigenvalue weighted by Gasteiger charge is 2.17. The van der Waals surface area contributed by atoms with Crippen LogP contribution in [0.5, 0.6) is 0 Å². The Kier molecular flexibility index (Phi) is 4.03. The molecule has 2 aromatic carbocycles. The van der Waals surface area contributed by atoms with Gasteiger partial charge in [-0.25, -0.2) is 4.39 Å². The second-order valence-corrected chi connectivity index (χ2v) is 5.67. The highest BCUT2D eigenvalue weighted by molar-refractivity contribution is 5.77. The summed E-state index contributed by atoms with van der Waals surface area (Å²) in [7, 11) is 0. The third-order valence-corrected chi connectivity index (χ3v) is 3.99. The Morgan fingerprint density at radius 1 is 1.10 bits per heavy atom. The molecule has 0 spiro atoms. The summed E-state index contributed by atoms with van der Waals surface area (Å²) in [6.07, 6.45) is 1.70. The molecule has 2 rings (SSSR count). The smallest absolute Gasteiger partial charge is 0.150 e. The fourth-order valence-corrected chi connectivity index (χ4v) is 2.14. The lowest BCUT2D eigenvalue weighted by Crippen LogP contribution is -2.14. The molecule has 0 N–H and O–H groups in total. The largest absolute Gasteiger partial charge is 0.298 e. The molecule has 104 valence electrons. The Hall–Kier alpha value is -1.96. The molecule has 0 bridgehead atoms. The van der Waals surface area contributed by atoms with Gasteiger partial charge in [0.25, 0.3) is 0 Å². The molecule has 0 saturated carbocycles. The number of carbonyl (C=O) groups excluding carboxylic acids is 1. The van der Waals surface area contributed by atoms with Gasteiger partial charge < -0.3 is 0 Å². The predicted octanol–water partition coefficient (Wildman–Crippen LogP) is 4.99. The monoisotopic (exact) mass is 270 g/mol. The third kappa shape index (κ3) is 2.79. The van der Waals surface area contributed by atoms with Gasteiger partial charge in [-0.05, 0) is 29.0 Å². The van der Waals surface area contributed by atoms with E-state index in [0.29, 0.717) is 17.4 Å². The Bertz CT molecular complexity index is 612. The van der Waals surface area contributed by atoms with Crippen molar-refractivity contribution in [3.8, 4) is 11.1 Å². The maximum atomic E-state index is 14.0. The first-order valence-corrected chi connectivity index (χ1v) is 6.83. The standard InChI is InChI=1S/C18H19FO/c1-4-18(2,3)15-8-6-14(7-9-15)16-10-5-13(12-20)11-17(16)19/h5-12H,4H2,1-3H3. The van der Waals surface area contributed by atoms with E-state index in [1.54, 1.807) is 12.1 Å². The third-order valence-electron chi connectivity index (χ3n) is 3.99. The van der Waals surface area contributed by atoms with Crippen molar-refractivity contribution in [1.82, 2.24) is 0 Å². The lowest BCUT2D eigenvalue weighted by molar-refractivity contribution is 0.112. The first kappa shape index (κ1) is 14.4. The van der Waals surface area contributed by atoms with Gasteiger partial charge in [-0.15, -0.1) is 0 Å². The Morgan fingerprint density at radius 2 is 1.75 bits per heavy atom. The van der Waals surface area contributed by atoms with Crippen molar-refractivity contribution >= 4 is 6.29 Å². The van der Waals surface area contributed by atoms with E-state index in [4.69, 9.17) is 0 Å². The van der Waals surface area contributed by atoms with E-state index < -0.39 is 0 Å². The molecule has 0 saturated heterocycles. The van der Waals surface area contributed by atoms with E-state index in [1.807, 2.05) is 24.3 Å². The summed E-state index contributed by atoms with van der Waals surface area (Å²) in [5.41, 5.74) is 3.08. The van der Waals surface area contributed by atoms with Gasteiger partial charge in [-0.1, -0.05) is 57.2 Å². The highest BCUT2D eigenvalue weighted by atomic mass is 19.1. The molecule has 0 radical (unpaired) electrons. The first-order valence-electron chi connectivity index (χ1n) is 6.83. The van der Waals surface area contributed by atoms with Crippen LogP contribution in [0, 0.1) is 5.82 Å². The van der Waals surface area contributed by atoms with E-state index in [2.05, 4.69) is 20.8 Å². The van der Waals surface area contributed by atoms with Crippen molar-refractivity contribution in [3.63, 3.8) is 0 Å². The van der Waals surface area contributed by atoms with E-state index in [1.165, 1.54) is 11.6 Å². The summed E-state index contributed by atoms with van der Waals surface area (Å²) in [6.45, 7) is 6.55. The number of carbonyl (C=O) groups is 1. The van der Waals surface area contributed by atoms with Gasteiger partial charge in [0.15, 0.2) is 0 Å². The van der Waals surface area contributed by atoms with Gasteiger partial charge in [0, 0.05) is 11.1 Å². The Morgan fingerprint density at radius 3 is 2.25 bits per heavy atom. The molecule has 0 aliphatic carbocycles. The van der Waals surface area contributed by atoms with Crippen LogP contribution in [0.25, 0.3) is 11.1 Å². The average Bonchev–Trinajstić information content (AvgIpc) is 2.47. The summed E-state index contributed by atoms with van der Waals surface area (Å²) < 4.78 is 14.0. The molecular weight excluding hydrogens is 251 g/mol. The lowest BCUT2D eigenvalue weighted by atomic mass is 9.82. The molecule has 0 aromatic heterocycles. The molecule has 0 aliphatic heterocycles. The minimum atomic E-state index is -0.364. The zero-order valence-electron chi connectivity index (χ0n) is 12.1. The van der Waals surface area contributed by atoms with E-state index in [0.717, 1.165) is 12.0 Å². The summed E-state index contributed by atoms with van der Waals surface area (Å²) in [6, 6.07) is 12.5. The molecule has 0 aliphatic rings. The molecule has 0 heterocycles. The zero-order valence-corrected chi connectivity index (χ0v) is 12.1. The van der Waals surface area contributed by atoms with Crippen LogP contribution in [0.3, 0.4) is 0 Å². The SMILES string of the molecule is CCC(C)(C)c1ccc(-c2ccc(C=O)cc2F)cc1. The number of aldehydes is 1. The number of halogens is 1. The number of hydrogen-bond donors (Lipinski definition) is 0.